The SMILES string of the molecule is CSc1nc(N)cc(Nc2ccc3c(c2)OC(F)(F)O3)n1. The first-order chi connectivity index (χ1) is 9.95. The summed E-state index contributed by atoms with van der Waals surface area (Å²) in [5.74, 6) is 0.705. The molecule has 1 aromatic carbocycles. The first-order valence-electron chi connectivity index (χ1n) is 5.81. The molecule has 6 nitrogen and oxygen atoms in total. The van der Waals surface area contributed by atoms with Gasteiger partial charge in [-0.05, 0) is 18.4 Å². The quantitative estimate of drug-likeness (QED) is 0.666. The van der Waals surface area contributed by atoms with Gasteiger partial charge in [0.15, 0.2) is 16.7 Å². The van der Waals surface area contributed by atoms with Crippen LogP contribution in [0.15, 0.2) is 29.4 Å². The number of thioether (sulfide) groups is 1. The van der Waals surface area contributed by atoms with Gasteiger partial charge in [0, 0.05) is 17.8 Å². The van der Waals surface area contributed by atoms with E-state index in [9.17, 15) is 8.78 Å². The van der Waals surface area contributed by atoms with Crippen LogP contribution in [-0.4, -0.2) is 22.5 Å². The third kappa shape index (κ3) is 2.92. The third-order valence-corrected chi connectivity index (χ3v) is 3.13. The van der Waals surface area contributed by atoms with Crippen molar-refractivity contribution in [1.82, 2.24) is 9.97 Å². The monoisotopic (exact) mass is 312 g/mol. The number of nitrogens with one attached hydrogen (secondary N) is 1. The van der Waals surface area contributed by atoms with Crippen molar-refractivity contribution in [3.63, 3.8) is 0 Å². The molecule has 9 heteroatoms. The van der Waals surface area contributed by atoms with Crippen LogP contribution in [0.25, 0.3) is 0 Å². The van der Waals surface area contributed by atoms with Crippen molar-refractivity contribution in [2.45, 2.75) is 11.5 Å². The van der Waals surface area contributed by atoms with Gasteiger partial charge in [0.25, 0.3) is 0 Å². The molecule has 110 valence electrons. The van der Waals surface area contributed by atoms with Crippen LogP contribution in [0.1, 0.15) is 0 Å². The number of ether oxygens (including phenoxy) is 2. The van der Waals surface area contributed by atoms with Crippen molar-refractivity contribution in [1.29, 1.82) is 0 Å². The Kier molecular flexibility index (Phi) is 3.20. The lowest BCUT2D eigenvalue weighted by Gasteiger charge is -2.08. The first-order valence-corrected chi connectivity index (χ1v) is 7.03. The molecule has 2 heterocycles. The Morgan fingerprint density at radius 3 is 2.71 bits per heavy atom. The number of halogens is 2. The number of alkyl halides is 2. The zero-order chi connectivity index (χ0) is 15.0. The molecule has 1 aliphatic heterocycles. The Morgan fingerprint density at radius 1 is 1.19 bits per heavy atom. The topological polar surface area (TPSA) is 82.3 Å². The van der Waals surface area contributed by atoms with Crippen molar-refractivity contribution in [3.05, 3.63) is 24.3 Å². The molecule has 0 amide bonds. The van der Waals surface area contributed by atoms with Gasteiger partial charge in [0.05, 0.1) is 0 Å². The minimum atomic E-state index is -3.63. The highest BCUT2D eigenvalue weighted by Gasteiger charge is 2.43. The summed E-state index contributed by atoms with van der Waals surface area (Å²) in [6.45, 7) is 0. The van der Waals surface area contributed by atoms with Crippen molar-refractivity contribution in [2.75, 3.05) is 17.3 Å². The van der Waals surface area contributed by atoms with Crippen molar-refractivity contribution in [2.24, 2.45) is 0 Å². The Balaban J connectivity index is 1.85. The van der Waals surface area contributed by atoms with Gasteiger partial charge in [0.2, 0.25) is 0 Å². The smallest absolute Gasteiger partial charge is 0.395 e. The largest absolute Gasteiger partial charge is 0.586 e. The lowest BCUT2D eigenvalue weighted by molar-refractivity contribution is -0.286. The third-order valence-electron chi connectivity index (χ3n) is 2.58. The van der Waals surface area contributed by atoms with Crippen molar-refractivity contribution in [3.8, 4) is 11.5 Å². The van der Waals surface area contributed by atoms with Crippen LogP contribution in [0.5, 0.6) is 11.5 Å². The molecule has 3 rings (SSSR count). The average molecular weight is 312 g/mol. The van der Waals surface area contributed by atoms with E-state index >= 15 is 0 Å². The fourth-order valence-electron chi connectivity index (χ4n) is 1.77. The van der Waals surface area contributed by atoms with Gasteiger partial charge in [0.1, 0.15) is 11.6 Å². The summed E-state index contributed by atoms with van der Waals surface area (Å²) in [4.78, 5) is 8.23. The Hall–Kier alpha value is -2.29. The van der Waals surface area contributed by atoms with Gasteiger partial charge in [-0.25, -0.2) is 9.97 Å². The van der Waals surface area contributed by atoms with Crippen LogP contribution in [0.2, 0.25) is 0 Å². The summed E-state index contributed by atoms with van der Waals surface area (Å²) in [5, 5.41) is 3.46. The van der Waals surface area contributed by atoms with Gasteiger partial charge >= 0.3 is 6.29 Å². The van der Waals surface area contributed by atoms with Crippen LogP contribution in [-0.2, 0) is 0 Å². The molecule has 0 fully saturated rings. The summed E-state index contributed by atoms with van der Waals surface area (Å²) in [5.41, 5.74) is 6.18. The molecule has 0 saturated heterocycles. The van der Waals surface area contributed by atoms with E-state index in [1.54, 1.807) is 12.1 Å². The molecule has 1 aliphatic rings. The highest BCUT2D eigenvalue weighted by Crippen LogP contribution is 2.42. The predicted octanol–water partition coefficient (Wildman–Crippen LogP) is 2.85. The lowest BCUT2D eigenvalue weighted by atomic mass is 10.3. The number of hydrogen-bond acceptors (Lipinski definition) is 7. The normalized spacial score (nSPS) is 15.0. The van der Waals surface area contributed by atoms with Crippen LogP contribution >= 0.6 is 11.8 Å². The van der Waals surface area contributed by atoms with Crippen molar-refractivity contribution >= 4 is 29.1 Å². The van der Waals surface area contributed by atoms with Crippen molar-refractivity contribution < 1.29 is 18.3 Å². The molecule has 0 atom stereocenters. The second-order valence-corrected chi connectivity index (χ2v) is 4.89. The first kappa shape index (κ1) is 13.7. The second-order valence-electron chi connectivity index (χ2n) is 4.12. The highest BCUT2D eigenvalue weighted by molar-refractivity contribution is 7.98. The average Bonchev–Trinajstić information content (AvgIpc) is 2.71. The molecular weight excluding hydrogens is 302 g/mol. The summed E-state index contributed by atoms with van der Waals surface area (Å²) in [6, 6.07) is 5.89. The molecule has 0 spiro atoms. The van der Waals surface area contributed by atoms with E-state index in [0.29, 0.717) is 22.5 Å². The van der Waals surface area contributed by atoms with Crippen LogP contribution < -0.4 is 20.5 Å². The van der Waals surface area contributed by atoms with Crippen LogP contribution in [0.4, 0.5) is 26.1 Å². The molecule has 3 N–H and O–H groups in total. The zero-order valence-electron chi connectivity index (χ0n) is 10.8. The minimum Gasteiger partial charge on any atom is -0.395 e. The lowest BCUT2D eigenvalue weighted by Crippen LogP contribution is -2.25. The van der Waals surface area contributed by atoms with E-state index in [1.807, 2.05) is 6.26 Å². The number of aromatic nitrogens is 2. The summed E-state index contributed by atoms with van der Waals surface area (Å²) < 4.78 is 34.6. The molecule has 2 aromatic rings. The minimum absolute atomic E-state index is 0.0162. The Morgan fingerprint density at radius 2 is 1.95 bits per heavy atom. The highest BCUT2D eigenvalue weighted by atomic mass is 32.2. The maximum absolute atomic E-state index is 12.9. The van der Waals surface area contributed by atoms with E-state index in [4.69, 9.17) is 5.73 Å². The van der Waals surface area contributed by atoms with Gasteiger partial charge in [-0.3, -0.25) is 0 Å². The number of fused-ring (bicyclic) bond motifs is 1. The maximum Gasteiger partial charge on any atom is 0.586 e. The van der Waals surface area contributed by atoms with Crippen LogP contribution in [0.3, 0.4) is 0 Å². The Bertz CT molecular complexity index is 699. The van der Waals surface area contributed by atoms with Gasteiger partial charge < -0.3 is 20.5 Å². The van der Waals surface area contributed by atoms with Gasteiger partial charge in [-0.15, -0.1) is 8.78 Å². The number of anilines is 3. The van der Waals surface area contributed by atoms with E-state index in [1.165, 1.54) is 23.9 Å². The standard InChI is InChI=1S/C12H10F2N4O2S/c1-21-11-17-9(15)5-10(18-11)16-6-2-3-7-8(4-6)20-12(13,14)19-7/h2-5H,1H3,(H3,15,16,17,18). The van der Waals surface area contributed by atoms with Gasteiger partial charge in [-0.2, -0.15) is 0 Å². The molecule has 0 saturated carbocycles. The molecule has 0 unspecified atom stereocenters. The Labute approximate surface area is 122 Å². The number of nitrogens with zero attached hydrogens (tertiary/aromatic N) is 2. The number of nitrogen functional groups attached to an aromatic ring is 1. The van der Waals surface area contributed by atoms with E-state index < -0.39 is 6.29 Å². The number of rotatable bonds is 3. The molecule has 0 aliphatic carbocycles. The number of hydrogen-bond donors (Lipinski definition) is 2. The molecule has 1 aromatic heterocycles. The summed E-state index contributed by atoms with van der Waals surface area (Å²) in [6.07, 6.45) is -1.81. The summed E-state index contributed by atoms with van der Waals surface area (Å²) in [7, 11) is 0. The summed E-state index contributed by atoms with van der Waals surface area (Å²) >= 11 is 1.34. The fraction of sp³-hybridized carbons (Fsp3) is 0.167. The zero-order valence-corrected chi connectivity index (χ0v) is 11.6. The van der Waals surface area contributed by atoms with E-state index in [2.05, 4.69) is 24.8 Å². The van der Waals surface area contributed by atoms with E-state index in [0.717, 1.165) is 0 Å². The second kappa shape index (κ2) is 4.92. The van der Waals surface area contributed by atoms with Gasteiger partial charge in [-0.1, -0.05) is 11.8 Å². The maximum atomic E-state index is 12.9. The van der Waals surface area contributed by atoms with Crippen LogP contribution in [0, 0.1) is 0 Å². The number of nitrogens with two attached hydrogens (primary N) is 1. The molecule has 0 radical (unpaired) electrons. The number of benzene rings is 1. The molecule has 0 bridgehead atoms. The fourth-order valence-corrected chi connectivity index (χ4v) is 2.16. The molecular formula is C12H10F2N4O2S. The predicted molar refractivity (Wildman–Crippen MR) is 74.2 cm³/mol. The van der Waals surface area contributed by atoms with E-state index in [-0.39, 0.29) is 11.5 Å². The molecule has 21 heavy (non-hydrogen) atoms.